The first-order chi connectivity index (χ1) is 7.95. The van der Waals surface area contributed by atoms with Gasteiger partial charge in [-0.2, -0.15) is 4.98 Å². The summed E-state index contributed by atoms with van der Waals surface area (Å²) in [4.78, 5) is 4.37. The monoisotopic (exact) mass is 239 g/mol. The molecule has 4 nitrogen and oxygen atoms in total. The van der Waals surface area contributed by atoms with E-state index in [1.165, 1.54) is 19.3 Å². The van der Waals surface area contributed by atoms with Crippen LogP contribution in [0.25, 0.3) is 0 Å². The fraction of sp³-hybridized carbons (Fsp3) is 0.846. The van der Waals surface area contributed by atoms with Crippen molar-refractivity contribution >= 4 is 0 Å². The molecule has 2 N–H and O–H groups in total. The molecule has 1 heterocycles. The molecule has 0 spiro atoms. The zero-order valence-electron chi connectivity index (χ0n) is 11.5. The maximum absolute atomic E-state index is 6.08. The van der Waals surface area contributed by atoms with Crippen molar-refractivity contribution in [1.82, 2.24) is 10.1 Å². The van der Waals surface area contributed by atoms with E-state index >= 15 is 0 Å². The molecule has 1 atom stereocenters. The van der Waals surface area contributed by atoms with Crippen molar-refractivity contribution in [2.45, 2.75) is 65.8 Å². The minimum absolute atomic E-state index is 0.0383. The summed E-state index contributed by atoms with van der Waals surface area (Å²) in [6.07, 6.45) is 5.70. The molecule has 98 valence electrons. The van der Waals surface area contributed by atoms with Crippen molar-refractivity contribution in [2.75, 3.05) is 0 Å². The molecule has 1 unspecified atom stereocenters. The van der Waals surface area contributed by atoms with E-state index in [4.69, 9.17) is 10.3 Å². The molecule has 0 bridgehead atoms. The lowest BCUT2D eigenvalue weighted by Crippen LogP contribution is -2.27. The summed E-state index contributed by atoms with van der Waals surface area (Å²) in [5.74, 6) is 1.35. The predicted molar refractivity (Wildman–Crippen MR) is 68.5 cm³/mol. The van der Waals surface area contributed by atoms with E-state index in [0.717, 1.165) is 18.7 Å². The predicted octanol–water partition coefficient (Wildman–Crippen LogP) is 3.24. The Morgan fingerprint density at radius 1 is 1.24 bits per heavy atom. The van der Waals surface area contributed by atoms with E-state index < -0.39 is 0 Å². The number of nitrogens with two attached hydrogens (primary N) is 1. The largest absolute Gasteiger partial charge is 0.339 e. The average molecular weight is 239 g/mol. The molecule has 0 aliphatic rings. The van der Waals surface area contributed by atoms with Crippen LogP contribution < -0.4 is 5.73 Å². The van der Waals surface area contributed by atoms with Crippen molar-refractivity contribution < 1.29 is 4.52 Å². The van der Waals surface area contributed by atoms with Gasteiger partial charge in [-0.25, -0.2) is 0 Å². The molecule has 0 aromatic carbocycles. The van der Waals surface area contributed by atoms with Crippen molar-refractivity contribution in [2.24, 2.45) is 11.1 Å². The van der Waals surface area contributed by atoms with Crippen molar-refractivity contribution in [3.8, 4) is 0 Å². The van der Waals surface area contributed by atoms with Gasteiger partial charge in [0.15, 0.2) is 5.82 Å². The number of hydrogen-bond acceptors (Lipinski definition) is 4. The van der Waals surface area contributed by atoms with Gasteiger partial charge in [0.1, 0.15) is 0 Å². The van der Waals surface area contributed by atoms with Crippen LogP contribution in [0.5, 0.6) is 0 Å². The third-order valence-electron chi connectivity index (χ3n) is 2.94. The first kappa shape index (κ1) is 14.2. The summed E-state index contributed by atoms with van der Waals surface area (Å²) < 4.78 is 5.22. The molecule has 1 aromatic rings. The standard InChI is InChI=1S/C13H25N3O/c1-5-6-7-8-9-10-15-12(16-17-10)11(14)13(2,3)4/h11H,5-9,14H2,1-4H3. The normalized spacial score (nSPS) is 13.9. The third-order valence-corrected chi connectivity index (χ3v) is 2.94. The average Bonchev–Trinajstić information content (AvgIpc) is 2.70. The van der Waals surface area contributed by atoms with E-state index in [1.807, 2.05) is 0 Å². The molecule has 0 radical (unpaired) electrons. The molecule has 4 heteroatoms. The minimum Gasteiger partial charge on any atom is -0.339 e. The van der Waals surface area contributed by atoms with Crippen molar-refractivity contribution in [1.29, 1.82) is 0 Å². The summed E-state index contributed by atoms with van der Waals surface area (Å²) in [7, 11) is 0. The second kappa shape index (κ2) is 6.15. The Hall–Kier alpha value is -0.900. The molecule has 0 aliphatic carbocycles. The van der Waals surface area contributed by atoms with Gasteiger partial charge in [0.2, 0.25) is 5.89 Å². The molecule has 1 aromatic heterocycles. The minimum atomic E-state index is -0.171. The lowest BCUT2D eigenvalue weighted by molar-refractivity contribution is 0.300. The summed E-state index contributed by atoms with van der Waals surface area (Å²) in [6, 6.07) is -0.171. The number of nitrogens with zero attached hydrogens (tertiary/aromatic N) is 2. The van der Waals surface area contributed by atoms with Crippen LogP contribution >= 0.6 is 0 Å². The van der Waals surface area contributed by atoms with E-state index in [1.54, 1.807) is 0 Å². The third kappa shape index (κ3) is 4.46. The van der Waals surface area contributed by atoms with Crippen LogP contribution in [0.3, 0.4) is 0 Å². The molecule has 0 saturated carbocycles. The van der Waals surface area contributed by atoms with E-state index in [2.05, 4.69) is 37.8 Å². The number of aromatic nitrogens is 2. The van der Waals surface area contributed by atoms with Crippen LogP contribution in [0, 0.1) is 5.41 Å². The second-order valence-corrected chi connectivity index (χ2v) is 5.70. The molecule has 0 aliphatic heterocycles. The van der Waals surface area contributed by atoms with Gasteiger partial charge >= 0.3 is 0 Å². The molecular formula is C13H25N3O. The summed E-state index contributed by atoms with van der Waals surface area (Å²) in [5.41, 5.74) is 6.04. The Balaban J connectivity index is 2.48. The van der Waals surface area contributed by atoms with Gasteiger partial charge in [-0.3, -0.25) is 0 Å². The first-order valence-corrected chi connectivity index (χ1v) is 6.53. The van der Waals surface area contributed by atoms with Crippen LogP contribution in [-0.2, 0) is 6.42 Å². The molecular weight excluding hydrogens is 214 g/mol. The highest BCUT2D eigenvalue weighted by atomic mass is 16.5. The zero-order valence-corrected chi connectivity index (χ0v) is 11.5. The highest BCUT2D eigenvalue weighted by molar-refractivity contribution is 4.97. The van der Waals surface area contributed by atoms with Crippen LogP contribution in [0.15, 0.2) is 4.52 Å². The summed E-state index contributed by atoms with van der Waals surface area (Å²) >= 11 is 0. The Labute approximate surface area is 104 Å². The van der Waals surface area contributed by atoms with Crippen LogP contribution in [0.2, 0.25) is 0 Å². The maximum Gasteiger partial charge on any atom is 0.226 e. The summed E-state index contributed by atoms with van der Waals surface area (Å²) in [5, 5.41) is 3.97. The number of unbranched alkanes of at least 4 members (excludes halogenated alkanes) is 3. The van der Waals surface area contributed by atoms with Gasteiger partial charge in [0, 0.05) is 6.42 Å². The smallest absolute Gasteiger partial charge is 0.226 e. The Morgan fingerprint density at radius 3 is 2.53 bits per heavy atom. The number of aryl methyl sites for hydroxylation is 1. The highest BCUT2D eigenvalue weighted by Gasteiger charge is 2.26. The number of hydrogen-bond donors (Lipinski definition) is 1. The fourth-order valence-electron chi connectivity index (χ4n) is 1.59. The molecule has 0 fully saturated rings. The Kier molecular flexibility index (Phi) is 5.12. The lowest BCUT2D eigenvalue weighted by atomic mass is 9.87. The summed E-state index contributed by atoms with van der Waals surface area (Å²) in [6.45, 7) is 8.44. The SMILES string of the molecule is CCCCCCc1nc(C(N)C(C)(C)C)no1. The first-order valence-electron chi connectivity index (χ1n) is 6.53. The van der Waals surface area contributed by atoms with E-state index in [-0.39, 0.29) is 11.5 Å². The van der Waals surface area contributed by atoms with Gasteiger partial charge in [-0.1, -0.05) is 52.1 Å². The van der Waals surface area contributed by atoms with Gasteiger partial charge in [-0.05, 0) is 11.8 Å². The molecule has 0 saturated heterocycles. The quantitative estimate of drug-likeness (QED) is 0.774. The molecule has 0 amide bonds. The zero-order chi connectivity index (χ0) is 12.9. The topological polar surface area (TPSA) is 64.9 Å². The van der Waals surface area contributed by atoms with E-state index in [0.29, 0.717) is 5.82 Å². The second-order valence-electron chi connectivity index (χ2n) is 5.70. The Morgan fingerprint density at radius 2 is 1.94 bits per heavy atom. The lowest BCUT2D eigenvalue weighted by Gasteiger charge is -2.23. The van der Waals surface area contributed by atoms with E-state index in [9.17, 15) is 0 Å². The van der Waals surface area contributed by atoms with Gasteiger partial charge < -0.3 is 10.3 Å². The van der Waals surface area contributed by atoms with Gasteiger partial charge in [-0.15, -0.1) is 0 Å². The Bertz CT molecular complexity index is 328. The highest BCUT2D eigenvalue weighted by Crippen LogP contribution is 2.28. The van der Waals surface area contributed by atoms with Crippen LogP contribution in [0.1, 0.15) is 71.1 Å². The fourth-order valence-corrected chi connectivity index (χ4v) is 1.59. The van der Waals surface area contributed by atoms with Crippen LogP contribution in [-0.4, -0.2) is 10.1 Å². The van der Waals surface area contributed by atoms with Crippen molar-refractivity contribution in [3.05, 3.63) is 11.7 Å². The molecule has 1 rings (SSSR count). The van der Waals surface area contributed by atoms with Crippen molar-refractivity contribution in [3.63, 3.8) is 0 Å². The van der Waals surface area contributed by atoms with Gasteiger partial charge in [0.05, 0.1) is 6.04 Å². The maximum atomic E-state index is 6.08. The van der Waals surface area contributed by atoms with Crippen LogP contribution in [0.4, 0.5) is 0 Å². The molecule has 17 heavy (non-hydrogen) atoms. The van der Waals surface area contributed by atoms with Gasteiger partial charge in [0.25, 0.3) is 0 Å². The number of rotatable bonds is 6.